The highest BCUT2D eigenvalue weighted by atomic mass is 16.3. The van der Waals surface area contributed by atoms with E-state index in [1.165, 1.54) is 0 Å². The average molecular weight is 193 g/mol. The molecule has 0 heterocycles. The minimum Gasteiger partial charge on any atom is -0.399 e. The van der Waals surface area contributed by atoms with Gasteiger partial charge in [-0.15, -0.1) is 0 Å². The number of azo groups is 1. The Bertz CT molecular complexity index is 306. The monoisotopic (exact) mass is 193 g/mol. The number of rotatable bonds is 3. The molecule has 0 spiro atoms. The van der Waals surface area contributed by atoms with E-state index in [9.17, 15) is 0 Å². The summed E-state index contributed by atoms with van der Waals surface area (Å²) in [6, 6.07) is 6.91. The normalized spacial score (nSPS) is 15.6. The highest BCUT2D eigenvalue weighted by molar-refractivity contribution is 5.47. The molecule has 2 atom stereocenters. The SMILES string of the molecule is CC(O)[C@H](C)N=Nc1ccc(N)cc1. The molecule has 1 aromatic rings. The standard InChI is InChI=1S/C10H15N3O/c1-7(8(2)14)12-13-10-5-3-9(11)4-6-10/h3-8,14H,11H2,1-2H3/t7-,8?/m0/s1. The zero-order valence-electron chi connectivity index (χ0n) is 8.38. The summed E-state index contributed by atoms with van der Waals surface area (Å²) in [5, 5.41) is 17.1. The maximum atomic E-state index is 9.17. The van der Waals surface area contributed by atoms with E-state index in [4.69, 9.17) is 10.8 Å². The van der Waals surface area contributed by atoms with Crippen LogP contribution in [-0.2, 0) is 0 Å². The van der Waals surface area contributed by atoms with Crippen molar-refractivity contribution in [3.05, 3.63) is 24.3 Å². The van der Waals surface area contributed by atoms with Crippen molar-refractivity contribution in [2.24, 2.45) is 10.2 Å². The molecule has 0 aromatic heterocycles. The second-order valence-electron chi connectivity index (χ2n) is 3.29. The Labute approximate surface area is 83.5 Å². The summed E-state index contributed by atoms with van der Waals surface area (Å²) in [5.41, 5.74) is 6.96. The predicted octanol–water partition coefficient (Wildman–Crippen LogP) is 2.12. The third kappa shape index (κ3) is 3.14. The molecule has 0 amide bonds. The Morgan fingerprint density at radius 2 is 1.79 bits per heavy atom. The molecular formula is C10H15N3O. The number of nitrogens with zero attached hydrogens (tertiary/aromatic N) is 2. The van der Waals surface area contributed by atoms with Gasteiger partial charge >= 0.3 is 0 Å². The van der Waals surface area contributed by atoms with Crippen molar-refractivity contribution in [3.63, 3.8) is 0 Å². The molecule has 0 saturated heterocycles. The summed E-state index contributed by atoms with van der Waals surface area (Å²) in [5.74, 6) is 0. The molecule has 0 aliphatic heterocycles. The minimum atomic E-state index is -0.479. The molecule has 0 aliphatic carbocycles. The molecule has 76 valence electrons. The van der Waals surface area contributed by atoms with E-state index in [0.717, 1.165) is 5.69 Å². The number of hydrogen-bond acceptors (Lipinski definition) is 4. The second-order valence-corrected chi connectivity index (χ2v) is 3.29. The van der Waals surface area contributed by atoms with Crippen molar-refractivity contribution in [1.29, 1.82) is 0 Å². The van der Waals surface area contributed by atoms with Gasteiger partial charge in [-0.05, 0) is 38.1 Å². The summed E-state index contributed by atoms with van der Waals surface area (Å²) >= 11 is 0. The average Bonchev–Trinajstić information content (AvgIpc) is 2.16. The van der Waals surface area contributed by atoms with Gasteiger partial charge < -0.3 is 10.8 Å². The molecule has 4 heteroatoms. The van der Waals surface area contributed by atoms with Crippen LogP contribution in [0.5, 0.6) is 0 Å². The van der Waals surface area contributed by atoms with Crippen molar-refractivity contribution in [3.8, 4) is 0 Å². The number of nitrogen functional groups attached to an aromatic ring is 1. The van der Waals surface area contributed by atoms with Gasteiger partial charge in [0.15, 0.2) is 0 Å². The van der Waals surface area contributed by atoms with Crippen LogP contribution in [-0.4, -0.2) is 17.3 Å². The number of nitrogens with two attached hydrogens (primary N) is 1. The summed E-state index contributed by atoms with van der Waals surface area (Å²) in [7, 11) is 0. The molecule has 0 bridgehead atoms. The van der Waals surface area contributed by atoms with E-state index in [0.29, 0.717) is 5.69 Å². The predicted molar refractivity (Wildman–Crippen MR) is 56.5 cm³/mol. The lowest BCUT2D eigenvalue weighted by atomic mass is 10.2. The lowest BCUT2D eigenvalue weighted by Gasteiger charge is -2.06. The Balaban J connectivity index is 2.64. The number of anilines is 1. The van der Waals surface area contributed by atoms with Gasteiger partial charge in [0.25, 0.3) is 0 Å². The number of benzene rings is 1. The first-order valence-electron chi connectivity index (χ1n) is 4.54. The summed E-state index contributed by atoms with van der Waals surface area (Å²) in [6.07, 6.45) is -0.479. The second kappa shape index (κ2) is 4.72. The Kier molecular flexibility index (Phi) is 3.59. The van der Waals surface area contributed by atoms with Crippen molar-refractivity contribution in [1.82, 2.24) is 0 Å². The molecule has 4 nitrogen and oxygen atoms in total. The van der Waals surface area contributed by atoms with Crippen LogP contribution in [0.4, 0.5) is 11.4 Å². The van der Waals surface area contributed by atoms with Gasteiger partial charge in [-0.25, -0.2) is 0 Å². The van der Waals surface area contributed by atoms with Gasteiger partial charge in [0, 0.05) is 5.69 Å². The highest BCUT2D eigenvalue weighted by Gasteiger charge is 2.05. The van der Waals surface area contributed by atoms with E-state index in [-0.39, 0.29) is 6.04 Å². The molecule has 0 aliphatic rings. The van der Waals surface area contributed by atoms with Crippen LogP contribution < -0.4 is 5.73 Å². The molecule has 0 fully saturated rings. The van der Waals surface area contributed by atoms with Gasteiger partial charge in [0.05, 0.1) is 17.8 Å². The fourth-order valence-corrected chi connectivity index (χ4v) is 0.795. The maximum Gasteiger partial charge on any atom is 0.0940 e. The van der Waals surface area contributed by atoms with Crippen molar-refractivity contribution >= 4 is 11.4 Å². The lowest BCUT2D eigenvalue weighted by molar-refractivity contribution is 0.168. The van der Waals surface area contributed by atoms with Crippen LogP contribution in [0.1, 0.15) is 13.8 Å². The van der Waals surface area contributed by atoms with E-state index in [1.54, 1.807) is 31.2 Å². The fraction of sp³-hybridized carbons (Fsp3) is 0.400. The van der Waals surface area contributed by atoms with Gasteiger partial charge in [0.2, 0.25) is 0 Å². The molecule has 1 unspecified atom stereocenters. The van der Waals surface area contributed by atoms with Crippen LogP contribution in [0.25, 0.3) is 0 Å². The number of hydrogen-bond donors (Lipinski definition) is 2. The molecule has 0 saturated carbocycles. The third-order valence-electron chi connectivity index (χ3n) is 1.95. The smallest absolute Gasteiger partial charge is 0.0940 e. The van der Waals surface area contributed by atoms with Crippen molar-refractivity contribution in [2.75, 3.05) is 5.73 Å². The van der Waals surface area contributed by atoms with Crippen LogP contribution in [0.15, 0.2) is 34.5 Å². The van der Waals surface area contributed by atoms with E-state index in [2.05, 4.69) is 10.2 Å². The minimum absolute atomic E-state index is 0.187. The van der Waals surface area contributed by atoms with Crippen molar-refractivity contribution in [2.45, 2.75) is 26.0 Å². The largest absolute Gasteiger partial charge is 0.399 e. The summed E-state index contributed by atoms with van der Waals surface area (Å²) in [4.78, 5) is 0. The fourth-order valence-electron chi connectivity index (χ4n) is 0.795. The summed E-state index contributed by atoms with van der Waals surface area (Å²) in [6.45, 7) is 3.50. The molecular weight excluding hydrogens is 178 g/mol. The topological polar surface area (TPSA) is 71.0 Å². The van der Waals surface area contributed by atoms with Crippen molar-refractivity contribution < 1.29 is 5.11 Å². The molecule has 1 aromatic carbocycles. The lowest BCUT2D eigenvalue weighted by Crippen LogP contribution is -2.15. The van der Waals surface area contributed by atoms with E-state index in [1.807, 2.05) is 6.92 Å². The van der Waals surface area contributed by atoms with Crippen LogP contribution in [0.2, 0.25) is 0 Å². The highest BCUT2D eigenvalue weighted by Crippen LogP contribution is 2.15. The maximum absolute atomic E-state index is 9.17. The molecule has 0 radical (unpaired) electrons. The molecule has 3 N–H and O–H groups in total. The Hall–Kier alpha value is -1.42. The van der Waals surface area contributed by atoms with Gasteiger partial charge in [-0.3, -0.25) is 0 Å². The van der Waals surface area contributed by atoms with E-state index >= 15 is 0 Å². The van der Waals surface area contributed by atoms with Gasteiger partial charge in [0.1, 0.15) is 0 Å². The quantitative estimate of drug-likeness (QED) is 0.570. The molecule has 14 heavy (non-hydrogen) atoms. The molecule has 1 rings (SSSR count). The van der Waals surface area contributed by atoms with Crippen LogP contribution in [0.3, 0.4) is 0 Å². The van der Waals surface area contributed by atoms with Crippen LogP contribution >= 0.6 is 0 Å². The first-order chi connectivity index (χ1) is 6.59. The Morgan fingerprint density at radius 1 is 1.21 bits per heavy atom. The Morgan fingerprint density at radius 3 is 2.29 bits per heavy atom. The first-order valence-corrected chi connectivity index (χ1v) is 4.54. The van der Waals surface area contributed by atoms with E-state index < -0.39 is 6.10 Å². The zero-order chi connectivity index (χ0) is 10.6. The van der Waals surface area contributed by atoms with Crippen LogP contribution in [0, 0.1) is 0 Å². The van der Waals surface area contributed by atoms with Gasteiger partial charge in [-0.1, -0.05) is 0 Å². The number of aliphatic hydroxyl groups is 1. The number of aliphatic hydroxyl groups excluding tert-OH is 1. The first kappa shape index (κ1) is 10.7. The zero-order valence-corrected chi connectivity index (χ0v) is 8.38. The van der Waals surface area contributed by atoms with Gasteiger partial charge in [-0.2, -0.15) is 10.2 Å². The summed E-state index contributed by atoms with van der Waals surface area (Å²) < 4.78 is 0. The third-order valence-corrected chi connectivity index (χ3v) is 1.95.